The number of benzene rings is 1. The second-order valence-corrected chi connectivity index (χ2v) is 5.92. The van der Waals surface area contributed by atoms with Crippen molar-refractivity contribution in [2.75, 3.05) is 0 Å². The van der Waals surface area contributed by atoms with Crippen LogP contribution >= 0.6 is 0 Å². The molecule has 1 atom stereocenters. The van der Waals surface area contributed by atoms with Crippen molar-refractivity contribution in [1.29, 1.82) is 0 Å². The molecule has 1 aromatic rings. The standard InChI is InChI=1S/C15H18F3NO3/c1-4-9-13(2,3)22-14(15(16,17)18)11-8-6-5-7-10(11)12(20)19(14)21/h5-8,21H,4,9H2,1-3H3. The minimum atomic E-state index is -4.99. The molecule has 0 aromatic heterocycles. The number of nitrogens with zero attached hydrogens (tertiary/aromatic N) is 1. The van der Waals surface area contributed by atoms with E-state index in [9.17, 15) is 23.2 Å². The molecule has 1 heterocycles. The minimum Gasteiger partial charge on any atom is -0.336 e. The number of hydrogen-bond acceptors (Lipinski definition) is 3. The fourth-order valence-corrected chi connectivity index (χ4v) is 2.82. The summed E-state index contributed by atoms with van der Waals surface area (Å²) in [7, 11) is 0. The Labute approximate surface area is 126 Å². The number of rotatable bonds is 4. The van der Waals surface area contributed by atoms with Gasteiger partial charge in [-0.3, -0.25) is 10.0 Å². The summed E-state index contributed by atoms with van der Waals surface area (Å²) in [6, 6.07) is 5.21. The van der Waals surface area contributed by atoms with Crippen LogP contribution in [0.15, 0.2) is 24.3 Å². The molecule has 0 radical (unpaired) electrons. The number of carbonyl (C=O) groups excluding carboxylic acids is 1. The molecule has 1 aromatic carbocycles. The van der Waals surface area contributed by atoms with Gasteiger partial charge < -0.3 is 4.74 Å². The maximum absolute atomic E-state index is 13.8. The number of ether oxygens (including phenoxy) is 1. The Morgan fingerprint density at radius 2 is 1.86 bits per heavy atom. The van der Waals surface area contributed by atoms with Crippen LogP contribution in [0.5, 0.6) is 0 Å². The molecule has 1 N–H and O–H groups in total. The highest BCUT2D eigenvalue weighted by Gasteiger charge is 2.69. The molecule has 1 unspecified atom stereocenters. The molecule has 22 heavy (non-hydrogen) atoms. The van der Waals surface area contributed by atoms with Crippen LogP contribution in [-0.2, 0) is 10.5 Å². The summed E-state index contributed by atoms with van der Waals surface area (Å²) >= 11 is 0. The van der Waals surface area contributed by atoms with Gasteiger partial charge in [-0.05, 0) is 26.3 Å². The van der Waals surface area contributed by atoms with Crippen molar-refractivity contribution in [3.63, 3.8) is 0 Å². The molecule has 122 valence electrons. The summed E-state index contributed by atoms with van der Waals surface area (Å²) in [5, 5.41) is 9.60. The van der Waals surface area contributed by atoms with Crippen molar-refractivity contribution in [3.05, 3.63) is 35.4 Å². The average molecular weight is 317 g/mol. The normalized spacial score (nSPS) is 22.1. The molecule has 2 rings (SSSR count). The second kappa shape index (κ2) is 5.24. The first-order chi connectivity index (χ1) is 10.1. The number of amides is 1. The Hall–Kier alpha value is -1.60. The van der Waals surface area contributed by atoms with Crippen LogP contribution in [0.25, 0.3) is 0 Å². The number of carbonyl (C=O) groups is 1. The zero-order valence-electron chi connectivity index (χ0n) is 12.6. The van der Waals surface area contributed by atoms with Gasteiger partial charge in [-0.15, -0.1) is 0 Å². The van der Waals surface area contributed by atoms with Gasteiger partial charge in [0.15, 0.2) is 0 Å². The maximum atomic E-state index is 13.8. The van der Waals surface area contributed by atoms with Gasteiger partial charge >= 0.3 is 6.18 Å². The van der Waals surface area contributed by atoms with Crippen molar-refractivity contribution >= 4 is 5.91 Å². The van der Waals surface area contributed by atoms with Gasteiger partial charge in [-0.1, -0.05) is 31.5 Å². The van der Waals surface area contributed by atoms with E-state index in [1.165, 1.54) is 32.0 Å². The van der Waals surface area contributed by atoms with E-state index in [-0.39, 0.29) is 16.2 Å². The molecular formula is C15H18F3NO3. The molecule has 4 nitrogen and oxygen atoms in total. The molecule has 0 spiro atoms. The highest BCUT2D eigenvalue weighted by atomic mass is 19.4. The minimum absolute atomic E-state index is 0.213. The number of halogens is 3. The first kappa shape index (κ1) is 16.8. The fourth-order valence-electron chi connectivity index (χ4n) is 2.82. The molecule has 0 aliphatic carbocycles. The molecule has 7 heteroatoms. The van der Waals surface area contributed by atoms with Crippen molar-refractivity contribution in [3.8, 4) is 0 Å². The third-order valence-electron chi connectivity index (χ3n) is 3.67. The Bertz CT molecular complexity index is 586. The second-order valence-electron chi connectivity index (χ2n) is 5.92. The maximum Gasteiger partial charge on any atom is 0.443 e. The Morgan fingerprint density at radius 3 is 2.41 bits per heavy atom. The van der Waals surface area contributed by atoms with E-state index in [2.05, 4.69) is 0 Å². The highest BCUT2D eigenvalue weighted by molar-refractivity contribution is 5.99. The van der Waals surface area contributed by atoms with Gasteiger partial charge in [0, 0.05) is 5.56 Å². The van der Waals surface area contributed by atoms with Crippen LogP contribution in [0.1, 0.15) is 49.5 Å². The number of hydroxylamine groups is 2. The predicted molar refractivity (Wildman–Crippen MR) is 72.2 cm³/mol. The first-order valence-corrected chi connectivity index (χ1v) is 6.96. The third-order valence-corrected chi connectivity index (χ3v) is 3.67. The van der Waals surface area contributed by atoms with Gasteiger partial charge in [0.1, 0.15) is 0 Å². The lowest BCUT2D eigenvalue weighted by Gasteiger charge is -2.42. The van der Waals surface area contributed by atoms with Crippen LogP contribution in [0, 0.1) is 0 Å². The van der Waals surface area contributed by atoms with Crippen LogP contribution in [0.3, 0.4) is 0 Å². The summed E-state index contributed by atoms with van der Waals surface area (Å²) in [4.78, 5) is 12.0. The van der Waals surface area contributed by atoms with Gasteiger partial charge in [-0.2, -0.15) is 18.2 Å². The Balaban J connectivity index is 2.64. The van der Waals surface area contributed by atoms with Crippen molar-refractivity contribution in [1.82, 2.24) is 5.06 Å². The molecular weight excluding hydrogens is 299 g/mol. The average Bonchev–Trinajstić information content (AvgIpc) is 2.61. The Kier molecular flexibility index (Phi) is 3.99. The molecule has 0 saturated carbocycles. The molecule has 1 aliphatic heterocycles. The number of alkyl halides is 3. The topological polar surface area (TPSA) is 49.8 Å². The van der Waals surface area contributed by atoms with E-state index in [0.717, 1.165) is 6.07 Å². The Morgan fingerprint density at radius 1 is 1.27 bits per heavy atom. The number of hydrogen-bond donors (Lipinski definition) is 1. The van der Waals surface area contributed by atoms with E-state index < -0.39 is 23.4 Å². The van der Waals surface area contributed by atoms with Gasteiger partial charge in [0.25, 0.3) is 11.6 Å². The smallest absolute Gasteiger partial charge is 0.336 e. The third kappa shape index (κ3) is 2.38. The van der Waals surface area contributed by atoms with Gasteiger partial charge in [-0.25, -0.2) is 0 Å². The lowest BCUT2D eigenvalue weighted by Crippen LogP contribution is -2.57. The summed E-state index contributed by atoms with van der Waals surface area (Å²) in [6.45, 7) is 4.82. The van der Waals surface area contributed by atoms with E-state index in [0.29, 0.717) is 12.8 Å². The van der Waals surface area contributed by atoms with Crippen LogP contribution in [0.4, 0.5) is 13.2 Å². The molecule has 1 amide bonds. The molecule has 0 fully saturated rings. The van der Waals surface area contributed by atoms with Crippen molar-refractivity contribution in [2.24, 2.45) is 0 Å². The number of fused-ring (bicyclic) bond motifs is 1. The zero-order valence-corrected chi connectivity index (χ0v) is 12.6. The largest absolute Gasteiger partial charge is 0.443 e. The summed E-state index contributed by atoms with van der Waals surface area (Å²) in [5.41, 5.74) is -4.96. The molecule has 0 bridgehead atoms. The summed E-state index contributed by atoms with van der Waals surface area (Å²) < 4.78 is 46.8. The van der Waals surface area contributed by atoms with E-state index >= 15 is 0 Å². The van der Waals surface area contributed by atoms with Crippen LogP contribution in [0.2, 0.25) is 0 Å². The highest BCUT2D eigenvalue weighted by Crippen LogP contribution is 2.52. The van der Waals surface area contributed by atoms with Crippen molar-refractivity contribution < 1.29 is 27.9 Å². The monoisotopic (exact) mass is 317 g/mol. The zero-order chi connectivity index (χ0) is 16.8. The van der Waals surface area contributed by atoms with Gasteiger partial charge in [0.2, 0.25) is 0 Å². The van der Waals surface area contributed by atoms with E-state index in [1.807, 2.05) is 6.92 Å². The quantitative estimate of drug-likeness (QED) is 0.858. The van der Waals surface area contributed by atoms with E-state index in [1.54, 1.807) is 0 Å². The fraction of sp³-hybridized carbons (Fsp3) is 0.533. The lowest BCUT2D eigenvalue weighted by atomic mass is 9.97. The summed E-state index contributed by atoms with van der Waals surface area (Å²) in [5.74, 6) is -1.12. The lowest BCUT2D eigenvalue weighted by molar-refractivity contribution is -0.399. The van der Waals surface area contributed by atoms with Crippen LogP contribution in [-0.4, -0.2) is 28.0 Å². The van der Waals surface area contributed by atoms with Gasteiger partial charge in [0.05, 0.1) is 11.2 Å². The predicted octanol–water partition coefficient (Wildman–Crippen LogP) is 3.84. The van der Waals surface area contributed by atoms with E-state index in [4.69, 9.17) is 4.74 Å². The SMILES string of the molecule is CCCC(C)(C)OC1(C(F)(F)F)c2ccccc2C(=O)N1O. The first-order valence-electron chi connectivity index (χ1n) is 6.96. The summed E-state index contributed by atoms with van der Waals surface area (Å²) in [6.07, 6.45) is -4.05. The van der Waals surface area contributed by atoms with Crippen LogP contribution < -0.4 is 0 Å². The molecule has 0 saturated heterocycles. The van der Waals surface area contributed by atoms with Crippen molar-refractivity contribution in [2.45, 2.75) is 51.1 Å². The molecule has 1 aliphatic rings.